The number of hydrogen-bond acceptors (Lipinski definition) is 4. The molecule has 2 aliphatic rings. The van der Waals surface area contributed by atoms with Crippen LogP contribution in [-0.2, 0) is 4.79 Å². The molecule has 0 radical (unpaired) electrons. The Labute approximate surface area is 146 Å². The highest BCUT2D eigenvalue weighted by Crippen LogP contribution is 2.36. The number of nitrogens with zero attached hydrogens (tertiary/aromatic N) is 2. The van der Waals surface area contributed by atoms with Gasteiger partial charge in [0.05, 0.1) is 6.04 Å². The normalized spacial score (nSPS) is 19.9. The second kappa shape index (κ2) is 7.18. The van der Waals surface area contributed by atoms with E-state index in [0.717, 1.165) is 5.56 Å². The Morgan fingerprint density at radius 2 is 2.04 bits per heavy atom. The zero-order chi connectivity index (χ0) is 17.7. The fourth-order valence-corrected chi connectivity index (χ4v) is 2.66. The van der Waals surface area contributed by atoms with Crippen molar-refractivity contribution in [2.45, 2.75) is 31.0 Å². The smallest absolute Gasteiger partial charge is 0.320 e. The second-order valence-corrected chi connectivity index (χ2v) is 5.96. The first kappa shape index (κ1) is 16.7. The molecule has 0 bridgehead atoms. The van der Waals surface area contributed by atoms with Crippen LogP contribution >= 0.6 is 0 Å². The van der Waals surface area contributed by atoms with E-state index in [-0.39, 0.29) is 17.6 Å². The number of carbonyl (C=O) groups is 2. The van der Waals surface area contributed by atoms with E-state index in [0.29, 0.717) is 25.8 Å². The lowest BCUT2D eigenvalue weighted by molar-refractivity contribution is -0.117. The van der Waals surface area contributed by atoms with Crippen molar-refractivity contribution >= 4 is 11.9 Å². The van der Waals surface area contributed by atoms with E-state index < -0.39 is 11.7 Å². The van der Waals surface area contributed by atoms with E-state index in [4.69, 9.17) is 6.42 Å². The number of hydrogen-bond donors (Lipinski definition) is 3. The second-order valence-electron chi connectivity index (χ2n) is 5.96. The molecule has 128 valence electrons. The molecule has 1 aromatic rings. The number of terminal acetylenes is 1. The number of urea groups is 1. The molecule has 2 aliphatic heterocycles. The summed E-state index contributed by atoms with van der Waals surface area (Å²) in [4.78, 5) is 24.2. The van der Waals surface area contributed by atoms with Gasteiger partial charge < -0.3 is 16.0 Å². The third-order valence-electron chi connectivity index (χ3n) is 4.13. The zero-order valence-electron chi connectivity index (χ0n) is 13.7. The van der Waals surface area contributed by atoms with Crippen molar-refractivity contribution in [3.05, 3.63) is 47.7 Å². The Morgan fingerprint density at radius 3 is 2.72 bits per heavy atom. The van der Waals surface area contributed by atoms with Crippen molar-refractivity contribution in [2.24, 2.45) is 10.2 Å². The highest BCUT2D eigenvalue weighted by atomic mass is 16.2. The predicted molar refractivity (Wildman–Crippen MR) is 92.2 cm³/mol. The Hall–Kier alpha value is -3.14. The summed E-state index contributed by atoms with van der Waals surface area (Å²) < 4.78 is 0. The van der Waals surface area contributed by atoms with Crippen molar-refractivity contribution in [1.82, 2.24) is 16.0 Å². The number of nitrogens with one attached hydrogen (secondary N) is 3. The molecule has 0 saturated carbocycles. The summed E-state index contributed by atoms with van der Waals surface area (Å²) in [6.07, 6.45) is 8.85. The maximum Gasteiger partial charge on any atom is 0.320 e. The average Bonchev–Trinajstić information content (AvgIpc) is 3.40. The molecule has 0 aliphatic carbocycles. The van der Waals surface area contributed by atoms with Gasteiger partial charge in [0.2, 0.25) is 0 Å². The summed E-state index contributed by atoms with van der Waals surface area (Å²) in [6, 6.07) is 8.71. The quantitative estimate of drug-likeness (QED) is 0.664. The van der Waals surface area contributed by atoms with Crippen LogP contribution in [0, 0.1) is 12.3 Å². The minimum atomic E-state index is -0.433. The largest absolute Gasteiger partial charge is 0.351 e. The first-order valence-corrected chi connectivity index (χ1v) is 8.12. The molecule has 1 aromatic carbocycles. The van der Waals surface area contributed by atoms with Crippen LogP contribution < -0.4 is 16.0 Å². The van der Waals surface area contributed by atoms with E-state index >= 15 is 0 Å². The molecule has 25 heavy (non-hydrogen) atoms. The molecule has 0 aromatic heterocycles. The maximum absolute atomic E-state index is 12.3. The lowest BCUT2D eigenvalue weighted by Crippen LogP contribution is -2.46. The number of rotatable bonds is 7. The van der Waals surface area contributed by atoms with E-state index in [1.54, 1.807) is 6.08 Å². The molecule has 0 saturated heterocycles. The summed E-state index contributed by atoms with van der Waals surface area (Å²) >= 11 is 0. The Kier molecular flexibility index (Phi) is 4.80. The molecule has 3 amide bonds. The monoisotopic (exact) mass is 337 g/mol. The van der Waals surface area contributed by atoms with Crippen LogP contribution in [0.2, 0.25) is 0 Å². The molecule has 3 rings (SSSR count). The molecule has 1 unspecified atom stereocenters. The topological polar surface area (TPSA) is 95.0 Å². The highest BCUT2D eigenvalue weighted by molar-refractivity contribution is 5.98. The van der Waals surface area contributed by atoms with Gasteiger partial charge in [-0.05, 0) is 11.6 Å². The molecular formula is C18H19N5O2. The van der Waals surface area contributed by atoms with Crippen molar-refractivity contribution in [3.8, 4) is 12.3 Å². The van der Waals surface area contributed by atoms with Crippen molar-refractivity contribution in [3.63, 3.8) is 0 Å². The average molecular weight is 337 g/mol. The van der Waals surface area contributed by atoms with E-state index in [1.807, 2.05) is 30.3 Å². The summed E-state index contributed by atoms with van der Waals surface area (Å²) in [5, 5.41) is 16.2. The molecule has 2 heterocycles. The van der Waals surface area contributed by atoms with Crippen molar-refractivity contribution in [2.75, 3.05) is 6.54 Å². The van der Waals surface area contributed by atoms with Crippen molar-refractivity contribution < 1.29 is 9.59 Å². The lowest BCUT2D eigenvalue weighted by atomic mass is 10.0. The molecular weight excluding hydrogens is 318 g/mol. The van der Waals surface area contributed by atoms with Gasteiger partial charge in [0.25, 0.3) is 5.91 Å². The van der Waals surface area contributed by atoms with Gasteiger partial charge in [0, 0.05) is 25.8 Å². The molecule has 7 nitrogen and oxygen atoms in total. The fraction of sp³-hybridized carbons (Fsp3) is 0.333. The maximum atomic E-state index is 12.3. The Bertz CT molecular complexity index is 757. The van der Waals surface area contributed by atoms with Gasteiger partial charge in [-0.25, -0.2) is 4.79 Å². The minimum Gasteiger partial charge on any atom is -0.351 e. The summed E-state index contributed by atoms with van der Waals surface area (Å²) in [5.41, 5.74) is 0.712. The first-order chi connectivity index (χ1) is 12.1. The third-order valence-corrected chi connectivity index (χ3v) is 4.13. The number of carbonyl (C=O) groups excluding carboxylic acids is 2. The van der Waals surface area contributed by atoms with Gasteiger partial charge in [-0.2, -0.15) is 10.2 Å². The zero-order valence-corrected chi connectivity index (χ0v) is 13.7. The number of amides is 3. The fourth-order valence-electron chi connectivity index (χ4n) is 2.66. The van der Waals surface area contributed by atoms with Crippen LogP contribution in [-0.4, -0.2) is 24.1 Å². The lowest BCUT2D eigenvalue weighted by Gasteiger charge is -2.23. The van der Waals surface area contributed by atoms with Crippen LogP contribution in [0.15, 0.2) is 52.3 Å². The van der Waals surface area contributed by atoms with Crippen LogP contribution in [0.4, 0.5) is 4.79 Å². The van der Waals surface area contributed by atoms with E-state index in [9.17, 15) is 9.59 Å². The van der Waals surface area contributed by atoms with Gasteiger partial charge in [-0.15, -0.1) is 12.3 Å². The van der Waals surface area contributed by atoms with Crippen molar-refractivity contribution in [1.29, 1.82) is 0 Å². The van der Waals surface area contributed by atoms with Crippen LogP contribution in [0.5, 0.6) is 0 Å². The molecule has 3 N–H and O–H groups in total. The van der Waals surface area contributed by atoms with E-state index in [1.165, 1.54) is 0 Å². The standard InChI is InChI=1S/C18H19N5O2/c1-2-3-9-18(22-23-18)10-11-19-16(24)15-12-14(20-17(25)21-15)13-7-5-4-6-8-13/h1,4-8,12,14H,3,9-11H2,(H,19,24)(H2,20,21,25). The Morgan fingerprint density at radius 1 is 1.28 bits per heavy atom. The van der Waals surface area contributed by atoms with Crippen LogP contribution in [0.25, 0.3) is 0 Å². The molecule has 1 atom stereocenters. The van der Waals surface area contributed by atoms with Gasteiger partial charge in [0.1, 0.15) is 5.70 Å². The van der Waals surface area contributed by atoms with Crippen LogP contribution in [0.1, 0.15) is 30.9 Å². The third kappa shape index (κ3) is 4.23. The van der Waals surface area contributed by atoms with Crippen LogP contribution in [0.3, 0.4) is 0 Å². The molecule has 0 spiro atoms. The SMILES string of the molecule is C#CCCC1(CCNC(=O)C2=CC(c3ccccc3)NC(=O)N2)N=N1. The molecule has 0 fully saturated rings. The van der Waals surface area contributed by atoms with Gasteiger partial charge in [0.15, 0.2) is 5.66 Å². The highest BCUT2D eigenvalue weighted by Gasteiger charge is 2.38. The summed E-state index contributed by atoms with van der Waals surface area (Å²) in [7, 11) is 0. The minimum absolute atomic E-state index is 0.236. The number of benzene rings is 1. The van der Waals surface area contributed by atoms with Gasteiger partial charge in [-0.3, -0.25) is 4.79 Å². The molecule has 7 heteroatoms. The van der Waals surface area contributed by atoms with Gasteiger partial charge in [-0.1, -0.05) is 30.3 Å². The van der Waals surface area contributed by atoms with Gasteiger partial charge >= 0.3 is 6.03 Å². The summed E-state index contributed by atoms with van der Waals surface area (Å²) in [5.74, 6) is 2.24. The predicted octanol–water partition coefficient (Wildman–Crippen LogP) is 2.01. The first-order valence-electron chi connectivity index (χ1n) is 8.12. The van der Waals surface area contributed by atoms with E-state index in [2.05, 4.69) is 32.1 Å². The Balaban J connectivity index is 1.56. The summed E-state index contributed by atoms with van der Waals surface area (Å²) in [6.45, 7) is 0.410.